The second-order valence-corrected chi connectivity index (χ2v) is 7.56. The zero-order chi connectivity index (χ0) is 13.8. The fourth-order valence-electron chi connectivity index (χ4n) is 3.46. The van der Waals surface area contributed by atoms with Crippen molar-refractivity contribution in [2.24, 2.45) is 0 Å². The van der Waals surface area contributed by atoms with Crippen molar-refractivity contribution in [1.29, 1.82) is 0 Å². The number of nitrogens with zero attached hydrogens (tertiary/aromatic N) is 1. The van der Waals surface area contributed by atoms with E-state index in [-0.39, 0.29) is 6.04 Å². The average Bonchev–Trinajstić information content (AvgIpc) is 2.80. The number of hydrogen-bond acceptors (Lipinski definition) is 3. The third-order valence-corrected chi connectivity index (χ3v) is 5.52. The van der Waals surface area contributed by atoms with E-state index < -0.39 is 0 Å². The van der Waals surface area contributed by atoms with E-state index in [2.05, 4.69) is 31.0 Å². The Labute approximate surface area is 121 Å². The second-order valence-electron chi connectivity index (χ2n) is 6.04. The molecule has 1 amide bonds. The molecule has 1 N–H and O–H groups in total. The number of carbonyl (C=O) groups excluding carboxylic acids is 1. The molecular formula is C15H28N2OS. The van der Waals surface area contributed by atoms with Crippen LogP contribution in [0, 0.1) is 0 Å². The van der Waals surface area contributed by atoms with Crippen LogP contribution < -0.4 is 5.32 Å². The van der Waals surface area contributed by atoms with Crippen molar-refractivity contribution >= 4 is 17.7 Å². The summed E-state index contributed by atoms with van der Waals surface area (Å²) >= 11 is 2.04. The molecule has 2 fully saturated rings. The summed E-state index contributed by atoms with van der Waals surface area (Å²) in [5.41, 5.74) is 0. The molecule has 1 aliphatic heterocycles. The number of likely N-dealkylation sites (tertiary alicyclic amines) is 1. The molecular weight excluding hydrogens is 256 g/mol. The smallest absolute Gasteiger partial charge is 0.240 e. The molecule has 4 heteroatoms. The minimum absolute atomic E-state index is 0.0571. The topological polar surface area (TPSA) is 32.3 Å². The van der Waals surface area contributed by atoms with E-state index in [0.717, 1.165) is 25.1 Å². The fourth-order valence-corrected chi connectivity index (χ4v) is 4.72. The van der Waals surface area contributed by atoms with Crippen LogP contribution >= 0.6 is 11.8 Å². The predicted molar refractivity (Wildman–Crippen MR) is 82.6 cm³/mol. The Balaban J connectivity index is 2.00. The van der Waals surface area contributed by atoms with Crippen LogP contribution in [0.1, 0.15) is 52.9 Å². The maximum atomic E-state index is 12.7. The fraction of sp³-hybridized carbons (Fsp3) is 0.933. The van der Waals surface area contributed by atoms with Gasteiger partial charge < -0.3 is 10.2 Å². The molecule has 1 aliphatic carbocycles. The van der Waals surface area contributed by atoms with Crippen LogP contribution in [-0.2, 0) is 4.79 Å². The van der Waals surface area contributed by atoms with Crippen molar-refractivity contribution < 1.29 is 4.79 Å². The number of nitrogens with one attached hydrogen (secondary N) is 1. The third kappa shape index (κ3) is 3.66. The van der Waals surface area contributed by atoms with Crippen LogP contribution in [0.15, 0.2) is 0 Å². The van der Waals surface area contributed by atoms with Gasteiger partial charge in [0.2, 0.25) is 5.91 Å². The number of hydrogen-bond donors (Lipinski definition) is 1. The van der Waals surface area contributed by atoms with Gasteiger partial charge >= 0.3 is 0 Å². The Morgan fingerprint density at radius 3 is 2.79 bits per heavy atom. The first-order valence-corrected chi connectivity index (χ1v) is 8.86. The highest BCUT2D eigenvalue weighted by Crippen LogP contribution is 2.35. The molecule has 0 aromatic rings. The summed E-state index contributed by atoms with van der Waals surface area (Å²) in [5.74, 6) is 1.52. The van der Waals surface area contributed by atoms with Crippen LogP contribution in [0.5, 0.6) is 0 Å². The Morgan fingerprint density at radius 2 is 2.11 bits per heavy atom. The summed E-state index contributed by atoms with van der Waals surface area (Å²) in [4.78, 5) is 14.9. The SMILES string of the molecule is CCSC1CCCC1N1CCCC(NC(C)C)C1=O. The number of amides is 1. The summed E-state index contributed by atoms with van der Waals surface area (Å²) in [7, 11) is 0. The Kier molecular flexibility index (Phi) is 5.58. The molecule has 2 rings (SSSR count). The minimum Gasteiger partial charge on any atom is -0.337 e. The molecule has 2 aliphatic rings. The van der Waals surface area contributed by atoms with E-state index in [1.165, 1.54) is 19.3 Å². The lowest BCUT2D eigenvalue weighted by Crippen LogP contribution is -2.56. The van der Waals surface area contributed by atoms with Crippen LogP contribution in [0.4, 0.5) is 0 Å². The lowest BCUT2D eigenvalue weighted by atomic mass is 10.0. The zero-order valence-corrected chi connectivity index (χ0v) is 13.3. The van der Waals surface area contributed by atoms with E-state index in [1.54, 1.807) is 0 Å². The largest absolute Gasteiger partial charge is 0.337 e. The maximum Gasteiger partial charge on any atom is 0.240 e. The van der Waals surface area contributed by atoms with Gasteiger partial charge in [-0.05, 0) is 31.4 Å². The van der Waals surface area contributed by atoms with Crippen molar-refractivity contribution in [3.63, 3.8) is 0 Å². The van der Waals surface area contributed by atoms with Gasteiger partial charge in [0.25, 0.3) is 0 Å². The molecule has 110 valence electrons. The van der Waals surface area contributed by atoms with Gasteiger partial charge in [0, 0.05) is 23.9 Å². The van der Waals surface area contributed by atoms with E-state index in [1.807, 2.05) is 11.8 Å². The summed E-state index contributed by atoms with van der Waals surface area (Å²) in [5, 5.41) is 4.11. The highest BCUT2D eigenvalue weighted by Gasteiger charge is 2.38. The molecule has 0 aromatic heterocycles. The summed E-state index contributed by atoms with van der Waals surface area (Å²) < 4.78 is 0. The number of thioether (sulfide) groups is 1. The highest BCUT2D eigenvalue weighted by atomic mass is 32.2. The van der Waals surface area contributed by atoms with E-state index in [9.17, 15) is 4.79 Å². The quantitative estimate of drug-likeness (QED) is 0.842. The molecule has 1 heterocycles. The molecule has 3 nitrogen and oxygen atoms in total. The number of piperidine rings is 1. The number of carbonyl (C=O) groups is 1. The van der Waals surface area contributed by atoms with Crippen molar-refractivity contribution in [3.05, 3.63) is 0 Å². The van der Waals surface area contributed by atoms with Gasteiger partial charge in [0.15, 0.2) is 0 Å². The first-order valence-electron chi connectivity index (χ1n) is 7.81. The Bertz CT molecular complexity index is 309. The molecule has 0 aromatic carbocycles. The Morgan fingerprint density at radius 1 is 1.32 bits per heavy atom. The molecule has 0 bridgehead atoms. The van der Waals surface area contributed by atoms with Gasteiger partial charge in [-0.1, -0.05) is 27.2 Å². The van der Waals surface area contributed by atoms with Crippen LogP contribution in [0.3, 0.4) is 0 Å². The predicted octanol–water partition coefficient (Wildman–Crippen LogP) is 2.65. The summed E-state index contributed by atoms with van der Waals surface area (Å²) in [6.07, 6.45) is 5.93. The summed E-state index contributed by atoms with van der Waals surface area (Å²) in [6, 6.07) is 0.939. The average molecular weight is 284 g/mol. The van der Waals surface area contributed by atoms with Gasteiger partial charge in [-0.25, -0.2) is 0 Å². The lowest BCUT2D eigenvalue weighted by molar-refractivity contribution is -0.138. The first-order chi connectivity index (χ1) is 9.13. The van der Waals surface area contributed by atoms with E-state index in [4.69, 9.17) is 0 Å². The molecule has 0 radical (unpaired) electrons. The van der Waals surface area contributed by atoms with Crippen LogP contribution in [-0.4, -0.2) is 46.5 Å². The number of rotatable bonds is 5. The van der Waals surface area contributed by atoms with Crippen LogP contribution in [0.2, 0.25) is 0 Å². The Hall–Kier alpha value is -0.220. The summed E-state index contributed by atoms with van der Waals surface area (Å²) in [6.45, 7) is 7.44. The van der Waals surface area contributed by atoms with Gasteiger partial charge in [0.1, 0.15) is 0 Å². The highest BCUT2D eigenvalue weighted by molar-refractivity contribution is 7.99. The standard InChI is InChI=1S/C15H28N2OS/c1-4-19-14-9-5-8-13(14)17-10-6-7-12(15(17)18)16-11(2)3/h11-14,16H,4-10H2,1-3H3. The third-order valence-electron chi connectivity index (χ3n) is 4.21. The maximum absolute atomic E-state index is 12.7. The molecule has 19 heavy (non-hydrogen) atoms. The molecule has 0 spiro atoms. The molecule has 3 unspecified atom stereocenters. The second kappa shape index (κ2) is 6.98. The molecule has 1 saturated heterocycles. The van der Waals surface area contributed by atoms with Gasteiger partial charge in [0.05, 0.1) is 6.04 Å². The van der Waals surface area contributed by atoms with Crippen molar-refractivity contribution in [2.75, 3.05) is 12.3 Å². The first kappa shape index (κ1) is 15.2. The molecule has 1 saturated carbocycles. The normalized spacial score (nSPS) is 32.3. The van der Waals surface area contributed by atoms with Crippen LogP contribution in [0.25, 0.3) is 0 Å². The van der Waals surface area contributed by atoms with E-state index in [0.29, 0.717) is 23.2 Å². The van der Waals surface area contributed by atoms with Gasteiger partial charge in [-0.2, -0.15) is 11.8 Å². The lowest BCUT2D eigenvalue weighted by Gasteiger charge is -2.39. The minimum atomic E-state index is 0.0571. The van der Waals surface area contributed by atoms with Crippen molar-refractivity contribution in [1.82, 2.24) is 10.2 Å². The van der Waals surface area contributed by atoms with Crippen molar-refractivity contribution in [3.8, 4) is 0 Å². The molecule has 3 atom stereocenters. The van der Waals surface area contributed by atoms with Gasteiger partial charge in [-0.3, -0.25) is 4.79 Å². The van der Waals surface area contributed by atoms with E-state index >= 15 is 0 Å². The van der Waals surface area contributed by atoms with Gasteiger partial charge in [-0.15, -0.1) is 0 Å². The zero-order valence-electron chi connectivity index (χ0n) is 12.5. The monoisotopic (exact) mass is 284 g/mol. The van der Waals surface area contributed by atoms with Crippen molar-refractivity contribution in [2.45, 2.75) is 76.3 Å².